The van der Waals surface area contributed by atoms with Crippen LogP contribution in [0, 0.1) is 0 Å². The molecule has 22 heavy (non-hydrogen) atoms. The molecule has 2 aromatic rings. The average molecular weight is 319 g/mol. The third-order valence-corrected chi connectivity index (χ3v) is 3.91. The van der Waals surface area contributed by atoms with Crippen LogP contribution in [0.2, 0.25) is 5.15 Å². The lowest BCUT2D eigenvalue weighted by Crippen LogP contribution is -2.40. The molecule has 2 heterocycles. The van der Waals surface area contributed by atoms with E-state index in [-0.39, 0.29) is 6.04 Å². The Morgan fingerprint density at radius 1 is 1.18 bits per heavy atom. The lowest BCUT2D eigenvalue weighted by molar-refractivity contribution is 0.0360. The summed E-state index contributed by atoms with van der Waals surface area (Å²) < 4.78 is 5.42. The van der Waals surface area contributed by atoms with Crippen LogP contribution in [0.3, 0.4) is 0 Å². The van der Waals surface area contributed by atoms with Gasteiger partial charge in [-0.1, -0.05) is 41.9 Å². The highest BCUT2D eigenvalue weighted by Crippen LogP contribution is 2.21. The lowest BCUT2D eigenvalue weighted by atomic mass is 10.1. The van der Waals surface area contributed by atoms with Crippen molar-refractivity contribution < 1.29 is 4.74 Å². The molecule has 1 unspecified atom stereocenters. The second-order valence-corrected chi connectivity index (χ2v) is 5.63. The van der Waals surface area contributed by atoms with Gasteiger partial charge in [-0.15, -0.1) is 0 Å². The maximum Gasteiger partial charge on any atom is 0.134 e. The molecule has 0 spiro atoms. The van der Waals surface area contributed by atoms with Crippen molar-refractivity contribution in [2.24, 2.45) is 0 Å². The van der Waals surface area contributed by atoms with E-state index in [0.717, 1.165) is 38.7 Å². The van der Waals surface area contributed by atoms with Gasteiger partial charge in [-0.05, 0) is 5.56 Å². The molecule has 6 heteroatoms. The summed E-state index contributed by atoms with van der Waals surface area (Å²) in [5.74, 6) is 0.738. The van der Waals surface area contributed by atoms with Crippen LogP contribution >= 0.6 is 11.6 Å². The number of aromatic nitrogens is 2. The predicted octanol–water partition coefficient (Wildman–Crippen LogP) is 2.62. The number of hydrogen-bond donors (Lipinski definition) is 1. The van der Waals surface area contributed by atoms with E-state index in [1.165, 1.54) is 11.9 Å². The van der Waals surface area contributed by atoms with E-state index in [2.05, 4.69) is 44.5 Å². The van der Waals surface area contributed by atoms with Crippen molar-refractivity contribution in [2.75, 3.05) is 38.2 Å². The maximum absolute atomic E-state index is 5.95. The van der Waals surface area contributed by atoms with Gasteiger partial charge in [0.2, 0.25) is 0 Å². The van der Waals surface area contributed by atoms with Crippen LogP contribution < -0.4 is 5.32 Å². The second kappa shape index (κ2) is 7.54. The minimum atomic E-state index is 0.144. The first-order valence-corrected chi connectivity index (χ1v) is 7.78. The van der Waals surface area contributed by atoms with Crippen LogP contribution in [0.1, 0.15) is 11.6 Å². The van der Waals surface area contributed by atoms with Gasteiger partial charge in [0.1, 0.15) is 17.3 Å². The molecule has 1 atom stereocenters. The van der Waals surface area contributed by atoms with Gasteiger partial charge < -0.3 is 10.1 Å². The molecule has 0 amide bonds. The number of hydrogen-bond acceptors (Lipinski definition) is 5. The van der Waals surface area contributed by atoms with E-state index in [1.807, 2.05) is 6.07 Å². The van der Waals surface area contributed by atoms with Crippen LogP contribution in [0.15, 0.2) is 42.7 Å². The highest BCUT2D eigenvalue weighted by molar-refractivity contribution is 6.29. The number of morpholine rings is 1. The summed E-state index contributed by atoms with van der Waals surface area (Å²) in [5, 5.41) is 3.91. The predicted molar refractivity (Wildman–Crippen MR) is 87.1 cm³/mol. The van der Waals surface area contributed by atoms with E-state index in [1.54, 1.807) is 6.07 Å². The molecule has 1 aliphatic rings. The smallest absolute Gasteiger partial charge is 0.134 e. The van der Waals surface area contributed by atoms with Crippen molar-refractivity contribution in [3.63, 3.8) is 0 Å². The fraction of sp³-hybridized carbons (Fsp3) is 0.375. The molecule has 116 valence electrons. The SMILES string of the molecule is Clc1cc(NC(CN2CCOCC2)c2ccccc2)ncn1. The van der Waals surface area contributed by atoms with Gasteiger partial charge in [-0.25, -0.2) is 9.97 Å². The van der Waals surface area contributed by atoms with E-state index >= 15 is 0 Å². The van der Waals surface area contributed by atoms with Gasteiger partial charge in [0.05, 0.1) is 19.3 Å². The van der Waals surface area contributed by atoms with Crippen molar-refractivity contribution in [1.82, 2.24) is 14.9 Å². The van der Waals surface area contributed by atoms with Crippen LogP contribution in [0.25, 0.3) is 0 Å². The third kappa shape index (κ3) is 4.16. The highest BCUT2D eigenvalue weighted by atomic mass is 35.5. The fourth-order valence-electron chi connectivity index (χ4n) is 2.55. The molecule has 1 N–H and O–H groups in total. The molecule has 1 fully saturated rings. The van der Waals surface area contributed by atoms with E-state index < -0.39 is 0 Å². The zero-order valence-corrected chi connectivity index (χ0v) is 13.0. The molecule has 0 aliphatic carbocycles. The summed E-state index contributed by atoms with van der Waals surface area (Å²) in [6, 6.07) is 12.3. The molecular weight excluding hydrogens is 300 g/mol. The largest absolute Gasteiger partial charge is 0.379 e. The van der Waals surface area contributed by atoms with Crippen LogP contribution in [-0.4, -0.2) is 47.7 Å². The standard InChI is InChI=1S/C16H19ClN4O/c17-15-10-16(19-12-18-15)20-14(13-4-2-1-3-5-13)11-21-6-8-22-9-7-21/h1-5,10,12,14H,6-9,11H2,(H,18,19,20). The number of nitrogens with zero attached hydrogens (tertiary/aromatic N) is 3. The first-order valence-electron chi connectivity index (χ1n) is 7.40. The second-order valence-electron chi connectivity index (χ2n) is 5.25. The minimum Gasteiger partial charge on any atom is -0.379 e. The number of benzene rings is 1. The van der Waals surface area contributed by atoms with E-state index in [9.17, 15) is 0 Å². The number of halogens is 1. The molecule has 1 aromatic heterocycles. The summed E-state index contributed by atoms with van der Waals surface area (Å²) >= 11 is 5.95. The van der Waals surface area contributed by atoms with Crippen LogP contribution in [0.5, 0.6) is 0 Å². The summed E-state index contributed by atoms with van der Waals surface area (Å²) in [7, 11) is 0. The monoisotopic (exact) mass is 318 g/mol. The molecule has 0 radical (unpaired) electrons. The Morgan fingerprint density at radius 2 is 1.95 bits per heavy atom. The maximum atomic E-state index is 5.95. The average Bonchev–Trinajstić information content (AvgIpc) is 2.56. The minimum absolute atomic E-state index is 0.144. The first-order chi connectivity index (χ1) is 10.8. The Morgan fingerprint density at radius 3 is 2.68 bits per heavy atom. The normalized spacial score (nSPS) is 17.1. The fourth-order valence-corrected chi connectivity index (χ4v) is 2.70. The van der Waals surface area contributed by atoms with Crippen molar-refractivity contribution >= 4 is 17.4 Å². The van der Waals surface area contributed by atoms with Gasteiger partial charge in [-0.3, -0.25) is 4.90 Å². The van der Waals surface area contributed by atoms with E-state index in [4.69, 9.17) is 16.3 Å². The first kappa shape index (κ1) is 15.2. The zero-order valence-electron chi connectivity index (χ0n) is 12.3. The molecule has 1 aromatic carbocycles. The Hall–Kier alpha value is -1.69. The molecule has 0 bridgehead atoms. The summed E-state index contributed by atoms with van der Waals surface area (Å²) in [5.41, 5.74) is 1.23. The van der Waals surface area contributed by atoms with Crippen molar-refractivity contribution in [1.29, 1.82) is 0 Å². The van der Waals surface area contributed by atoms with Crippen molar-refractivity contribution in [3.05, 3.63) is 53.4 Å². The number of nitrogens with one attached hydrogen (secondary N) is 1. The highest BCUT2D eigenvalue weighted by Gasteiger charge is 2.18. The lowest BCUT2D eigenvalue weighted by Gasteiger charge is -2.31. The van der Waals surface area contributed by atoms with Gasteiger partial charge in [-0.2, -0.15) is 0 Å². The molecule has 3 rings (SSSR count). The van der Waals surface area contributed by atoms with Gasteiger partial charge in [0.15, 0.2) is 0 Å². The molecular formula is C16H19ClN4O. The molecule has 1 saturated heterocycles. The quantitative estimate of drug-likeness (QED) is 0.859. The van der Waals surface area contributed by atoms with Gasteiger partial charge >= 0.3 is 0 Å². The van der Waals surface area contributed by atoms with E-state index in [0.29, 0.717) is 5.15 Å². The van der Waals surface area contributed by atoms with Crippen molar-refractivity contribution in [2.45, 2.75) is 6.04 Å². The van der Waals surface area contributed by atoms with Crippen LogP contribution in [-0.2, 0) is 4.74 Å². The molecule has 0 saturated carbocycles. The van der Waals surface area contributed by atoms with Gasteiger partial charge in [0, 0.05) is 25.7 Å². The number of anilines is 1. The Labute approximate surface area is 135 Å². The Balaban J connectivity index is 1.76. The topological polar surface area (TPSA) is 50.3 Å². The van der Waals surface area contributed by atoms with Gasteiger partial charge in [0.25, 0.3) is 0 Å². The number of ether oxygens (including phenoxy) is 1. The molecule has 5 nitrogen and oxygen atoms in total. The Bertz CT molecular complexity index is 590. The summed E-state index contributed by atoms with van der Waals surface area (Å²) in [4.78, 5) is 10.6. The summed E-state index contributed by atoms with van der Waals surface area (Å²) in [6.45, 7) is 4.39. The van der Waals surface area contributed by atoms with Crippen molar-refractivity contribution in [3.8, 4) is 0 Å². The Kier molecular flexibility index (Phi) is 5.21. The zero-order chi connectivity index (χ0) is 15.2. The van der Waals surface area contributed by atoms with Crippen LogP contribution in [0.4, 0.5) is 5.82 Å². The number of rotatable bonds is 5. The molecule has 1 aliphatic heterocycles. The third-order valence-electron chi connectivity index (χ3n) is 3.70. The summed E-state index contributed by atoms with van der Waals surface area (Å²) in [6.07, 6.45) is 1.47.